The number of sulfonamides is 1. The van der Waals surface area contributed by atoms with E-state index >= 15 is 0 Å². The highest BCUT2D eigenvalue weighted by Gasteiger charge is 2.28. The Morgan fingerprint density at radius 2 is 1.72 bits per heavy atom. The second-order valence-electron chi connectivity index (χ2n) is 8.86. The van der Waals surface area contributed by atoms with Crippen molar-refractivity contribution in [3.63, 3.8) is 0 Å². The zero-order chi connectivity index (χ0) is 25.7. The van der Waals surface area contributed by atoms with E-state index in [0.29, 0.717) is 30.9 Å². The van der Waals surface area contributed by atoms with Gasteiger partial charge < -0.3 is 14.8 Å². The van der Waals surface area contributed by atoms with Crippen molar-refractivity contribution < 1.29 is 22.7 Å². The van der Waals surface area contributed by atoms with Crippen LogP contribution < -0.4 is 19.1 Å². The van der Waals surface area contributed by atoms with Gasteiger partial charge in [0, 0.05) is 13.0 Å². The molecule has 0 fully saturated rings. The number of rotatable bonds is 9. The van der Waals surface area contributed by atoms with Crippen LogP contribution in [0.5, 0.6) is 11.5 Å². The van der Waals surface area contributed by atoms with E-state index in [2.05, 4.69) is 5.32 Å². The number of hydrogen-bond donors (Lipinski definition) is 1. The molecule has 8 heteroatoms. The first kappa shape index (κ1) is 25.6. The van der Waals surface area contributed by atoms with E-state index in [1.54, 1.807) is 38.5 Å². The molecule has 1 unspecified atom stereocenters. The third-order valence-corrected chi connectivity index (χ3v) is 8.33. The minimum absolute atomic E-state index is 0.0843. The first-order valence-corrected chi connectivity index (χ1v) is 13.5. The van der Waals surface area contributed by atoms with Gasteiger partial charge in [-0.1, -0.05) is 36.4 Å². The lowest BCUT2D eigenvalue weighted by molar-refractivity contribution is -0.121. The minimum atomic E-state index is -3.65. The van der Waals surface area contributed by atoms with Gasteiger partial charge in [-0.15, -0.1) is 0 Å². The Bertz CT molecular complexity index is 1320. The number of benzene rings is 3. The van der Waals surface area contributed by atoms with Crippen molar-refractivity contribution in [1.29, 1.82) is 0 Å². The van der Waals surface area contributed by atoms with Crippen molar-refractivity contribution in [3.8, 4) is 11.5 Å². The lowest BCUT2D eigenvalue weighted by Crippen LogP contribution is -2.35. The molecule has 1 aliphatic heterocycles. The number of carbonyl (C=O) groups excluding carboxylic acids is 1. The van der Waals surface area contributed by atoms with E-state index < -0.39 is 10.0 Å². The highest BCUT2D eigenvalue weighted by atomic mass is 32.2. The normalized spacial score (nSPS) is 14.0. The summed E-state index contributed by atoms with van der Waals surface area (Å²) in [7, 11) is -0.489. The number of para-hydroxylation sites is 1. The Morgan fingerprint density at radius 1 is 1.00 bits per heavy atom. The highest BCUT2D eigenvalue weighted by molar-refractivity contribution is 7.92. The van der Waals surface area contributed by atoms with Gasteiger partial charge in [0.15, 0.2) is 11.5 Å². The van der Waals surface area contributed by atoms with E-state index in [-0.39, 0.29) is 16.8 Å². The van der Waals surface area contributed by atoms with Crippen molar-refractivity contribution >= 4 is 21.6 Å². The van der Waals surface area contributed by atoms with Crippen molar-refractivity contribution in [2.45, 2.75) is 43.5 Å². The van der Waals surface area contributed by atoms with Crippen LogP contribution in [0.4, 0.5) is 5.69 Å². The largest absolute Gasteiger partial charge is 0.493 e. The molecule has 0 saturated carbocycles. The molecular formula is C28H32N2O5S. The Hall–Kier alpha value is -3.52. The summed E-state index contributed by atoms with van der Waals surface area (Å²) in [6, 6.07) is 19.8. The average Bonchev–Trinajstić information content (AvgIpc) is 2.91. The van der Waals surface area contributed by atoms with Crippen LogP contribution >= 0.6 is 0 Å². The standard InChI is InChI=1S/C28H32N2O5S/c1-20(23-13-16-26(34-2)27(19-23)35-3)29-28(31)17-12-21-10-14-24(15-11-21)36(32,33)30-18-6-8-22-7-4-5-9-25(22)30/h4-5,7,9-11,13-16,19-20H,6,8,12,17-18H2,1-3H3,(H,29,31). The third-order valence-electron chi connectivity index (χ3n) is 6.50. The number of aryl methyl sites for hydroxylation is 2. The van der Waals surface area contributed by atoms with E-state index in [0.717, 1.165) is 35.2 Å². The van der Waals surface area contributed by atoms with Crippen LogP contribution in [0.3, 0.4) is 0 Å². The summed E-state index contributed by atoms with van der Waals surface area (Å²) in [5.74, 6) is 1.16. The fraction of sp³-hybridized carbons (Fsp3) is 0.321. The number of amides is 1. The molecule has 0 saturated heterocycles. The van der Waals surface area contributed by atoms with Gasteiger partial charge in [0.25, 0.3) is 10.0 Å². The molecule has 0 aliphatic carbocycles. The number of nitrogens with zero attached hydrogens (tertiary/aromatic N) is 1. The molecule has 0 aromatic heterocycles. The zero-order valence-corrected chi connectivity index (χ0v) is 21.7. The van der Waals surface area contributed by atoms with Gasteiger partial charge in [-0.25, -0.2) is 8.42 Å². The number of methoxy groups -OCH3 is 2. The van der Waals surface area contributed by atoms with Crippen molar-refractivity contribution in [2.75, 3.05) is 25.1 Å². The molecule has 3 aromatic carbocycles. The Balaban J connectivity index is 1.36. The Morgan fingerprint density at radius 3 is 2.44 bits per heavy atom. The molecule has 0 radical (unpaired) electrons. The topological polar surface area (TPSA) is 84.9 Å². The molecule has 36 heavy (non-hydrogen) atoms. The zero-order valence-electron chi connectivity index (χ0n) is 20.9. The predicted molar refractivity (Wildman–Crippen MR) is 140 cm³/mol. The van der Waals surface area contributed by atoms with Crippen LogP contribution in [0, 0.1) is 0 Å². The summed E-state index contributed by atoms with van der Waals surface area (Å²) < 4.78 is 38.7. The molecule has 1 heterocycles. The average molecular weight is 509 g/mol. The minimum Gasteiger partial charge on any atom is -0.493 e. The fourth-order valence-electron chi connectivity index (χ4n) is 4.48. The van der Waals surface area contributed by atoms with Crippen LogP contribution in [0.15, 0.2) is 71.6 Å². The maximum absolute atomic E-state index is 13.3. The van der Waals surface area contributed by atoms with E-state index in [9.17, 15) is 13.2 Å². The second kappa shape index (κ2) is 11.0. The summed E-state index contributed by atoms with van der Waals surface area (Å²) >= 11 is 0. The molecule has 190 valence electrons. The number of anilines is 1. The molecule has 0 bridgehead atoms. The molecule has 1 atom stereocenters. The number of nitrogens with one attached hydrogen (secondary N) is 1. The number of fused-ring (bicyclic) bond motifs is 1. The van der Waals surface area contributed by atoms with Gasteiger partial charge in [0.05, 0.1) is 30.8 Å². The number of carbonyl (C=O) groups is 1. The number of hydrogen-bond acceptors (Lipinski definition) is 5. The molecule has 3 aromatic rings. The van der Waals surface area contributed by atoms with Crippen molar-refractivity contribution in [3.05, 3.63) is 83.4 Å². The Kier molecular flexibility index (Phi) is 7.84. The van der Waals surface area contributed by atoms with Gasteiger partial charge in [0.1, 0.15) is 0 Å². The maximum atomic E-state index is 13.3. The lowest BCUT2D eigenvalue weighted by Gasteiger charge is -2.30. The predicted octanol–water partition coefficient (Wildman–Crippen LogP) is 4.66. The van der Waals surface area contributed by atoms with Crippen molar-refractivity contribution in [2.24, 2.45) is 0 Å². The van der Waals surface area contributed by atoms with Gasteiger partial charge in [0.2, 0.25) is 5.91 Å². The molecule has 1 N–H and O–H groups in total. The smallest absolute Gasteiger partial charge is 0.264 e. The molecule has 7 nitrogen and oxygen atoms in total. The van der Waals surface area contributed by atoms with Crippen LogP contribution in [0.25, 0.3) is 0 Å². The fourth-order valence-corrected chi connectivity index (χ4v) is 6.02. The first-order chi connectivity index (χ1) is 17.3. The molecule has 0 spiro atoms. The van der Waals surface area contributed by atoms with Crippen LogP contribution in [-0.4, -0.2) is 35.1 Å². The summed E-state index contributed by atoms with van der Waals surface area (Å²) in [5, 5.41) is 3.01. The second-order valence-corrected chi connectivity index (χ2v) is 10.7. The van der Waals surface area contributed by atoms with Crippen LogP contribution in [0.1, 0.15) is 42.5 Å². The molecular weight excluding hydrogens is 476 g/mol. The maximum Gasteiger partial charge on any atom is 0.264 e. The van der Waals surface area contributed by atoms with Crippen LogP contribution in [-0.2, 0) is 27.7 Å². The van der Waals surface area contributed by atoms with Gasteiger partial charge >= 0.3 is 0 Å². The molecule has 1 amide bonds. The SMILES string of the molecule is COc1ccc(C(C)NC(=O)CCc2ccc(S(=O)(=O)N3CCCc4ccccc43)cc2)cc1OC. The van der Waals surface area contributed by atoms with Gasteiger partial charge in [-0.2, -0.15) is 0 Å². The van der Waals surface area contributed by atoms with E-state index in [4.69, 9.17) is 9.47 Å². The third kappa shape index (κ3) is 5.49. The lowest BCUT2D eigenvalue weighted by atomic mass is 10.0. The first-order valence-electron chi connectivity index (χ1n) is 12.0. The summed E-state index contributed by atoms with van der Waals surface area (Å²) in [4.78, 5) is 12.8. The quantitative estimate of drug-likeness (QED) is 0.455. The summed E-state index contributed by atoms with van der Waals surface area (Å²) in [6.07, 6.45) is 2.49. The van der Waals surface area contributed by atoms with E-state index in [1.165, 1.54) is 4.31 Å². The van der Waals surface area contributed by atoms with Gasteiger partial charge in [-0.05, 0) is 73.2 Å². The summed E-state index contributed by atoms with van der Waals surface area (Å²) in [6.45, 7) is 2.39. The van der Waals surface area contributed by atoms with Crippen LogP contribution in [0.2, 0.25) is 0 Å². The van der Waals surface area contributed by atoms with Gasteiger partial charge in [-0.3, -0.25) is 9.10 Å². The monoisotopic (exact) mass is 508 g/mol. The van der Waals surface area contributed by atoms with E-state index in [1.807, 2.05) is 49.4 Å². The molecule has 1 aliphatic rings. The molecule has 4 rings (SSSR count). The highest BCUT2D eigenvalue weighted by Crippen LogP contribution is 2.32. The number of ether oxygens (including phenoxy) is 2. The Labute approximate surface area is 213 Å². The van der Waals surface area contributed by atoms with Crippen molar-refractivity contribution in [1.82, 2.24) is 5.32 Å². The summed E-state index contributed by atoms with van der Waals surface area (Å²) in [5.41, 5.74) is 3.63.